The molecule has 0 bridgehead atoms. The number of benzene rings is 2. The minimum absolute atomic E-state index is 0.0791. The first-order valence-electron chi connectivity index (χ1n) is 11.1. The molecule has 4 nitrogen and oxygen atoms in total. The molecule has 0 radical (unpaired) electrons. The predicted octanol–water partition coefficient (Wildman–Crippen LogP) is 4.78. The largest absolute Gasteiger partial charge is 0.243 e. The number of nitrogens with zero attached hydrogens (tertiary/aromatic N) is 2. The molecule has 5 rings (SSSR count). The summed E-state index contributed by atoms with van der Waals surface area (Å²) in [7, 11) is -3.51. The SMILES string of the molecule is Cc1ccc(S(=O)(=O)N2CC3Cc4cc(C#N)ccc4C4CCCCCC2C34)cc1. The number of fused-ring (bicyclic) bond motifs is 2. The maximum absolute atomic E-state index is 13.6. The van der Waals surface area contributed by atoms with Gasteiger partial charge >= 0.3 is 0 Å². The molecule has 156 valence electrons. The molecular formula is C25H28N2O2S. The maximum atomic E-state index is 13.6. The van der Waals surface area contributed by atoms with Gasteiger partial charge in [-0.15, -0.1) is 0 Å². The van der Waals surface area contributed by atoms with E-state index in [2.05, 4.69) is 12.1 Å². The summed E-state index contributed by atoms with van der Waals surface area (Å²) in [5, 5.41) is 9.34. The zero-order chi connectivity index (χ0) is 20.9. The van der Waals surface area contributed by atoms with Crippen molar-refractivity contribution >= 4 is 10.0 Å². The van der Waals surface area contributed by atoms with E-state index in [1.54, 1.807) is 12.1 Å². The zero-order valence-corrected chi connectivity index (χ0v) is 18.2. The summed E-state index contributed by atoms with van der Waals surface area (Å²) in [6.45, 7) is 2.57. The van der Waals surface area contributed by atoms with Crippen LogP contribution in [0.4, 0.5) is 0 Å². The molecule has 3 aliphatic rings. The molecule has 4 unspecified atom stereocenters. The number of hydrogen-bond donors (Lipinski definition) is 0. The molecule has 1 saturated heterocycles. The lowest BCUT2D eigenvalue weighted by atomic mass is 9.65. The Kier molecular flexibility index (Phi) is 4.95. The van der Waals surface area contributed by atoms with E-state index in [1.165, 1.54) is 17.5 Å². The second kappa shape index (κ2) is 7.51. The van der Waals surface area contributed by atoms with Gasteiger partial charge in [0.15, 0.2) is 0 Å². The lowest BCUT2D eigenvalue weighted by molar-refractivity contribution is 0.219. The highest BCUT2D eigenvalue weighted by Gasteiger charge is 2.52. The van der Waals surface area contributed by atoms with Crippen molar-refractivity contribution in [1.82, 2.24) is 4.31 Å². The summed E-state index contributed by atoms with van der Waals surface area (Å²) >= 11 is 0. The Morgan fingerprint density at radius 2 is 1.80 bits per heavy atom. The van der Waals surface area contributed by atoms with E-state index in [-0.39, 0.29) is 6.04 Å². The molecule has 4 atom stereocenters. The van der Waals surface area contributed by atoms with Crippen molar-refractivity contribution in [2.24, 2.45) is 11.8 Å². The van der Waals surface area contributed by atoms with Crippen LogP contribution in [0, 0.1) is 30.1 Å². The third kappa shape index (κ3) is 3.18. The minimum Gasteiger partial charge on any atom is -0.207 e. The molecule has 2 fully saturated rings. The van der Waals surface area contributed by atoms with Crippen LogP contribution in [0.25, 0.3) is 0 Å². The van der Waals surface area contributed by atoms with E-state index >= 15 is 0 Å². The van der Waals surface area contributed by atoms with E-state index in [1.807, 2.05) is 35.5 Å². The van der Waals surface area contributed by atoms with E-state index in [4.69, 9.17) is 0 Å². The van der Waals surface area contributed by atoms with Crippen molar-refractivity contribution in [3.05, 3.63) is 64.7 Å². The van der Waals surface area contributed by atoms with Gasteiger partial charge in [0.25, 0.3) is 0 Å². The van der Waals surface area contributed by atoms with Gasteiger partial charge in [-0.2, -0.15) is 9.57 Å². The molecule has 1 aliphatic heterocycles. The summed E-state index contributed by atoms with van der Waals surface area (Å²) in [5.41, 5.74) is 4.39. The van der Waals surface area contributed by atoms with Crippen LogP contribution in [0.2, 0.25) is 0 Å². The number of nitriles is 1. The summed E-state index contributed by atoms with van der Waals surface area (Å²) in [5.74, 6) is 1.11. The Balaban J connectivity index is 1.56. The van der Waals surface area contributed by atoms with Gasteiger partial charge in [0.2, 0.25) is 10.0 Å². The fourth-order valence-electron chi connectivity index (χ4n) is 6.20. The van der Waals surface area contributed by atoms with E-state index in [9.17, 15) is 13.7 Å². The van der Waals surface area contributed by atoms with Gasteiger partial charge in [0.05, 0.1) is 16.5 Å². The Bertz CT molecular complexity index is 1100. The summed E-state index contributed by atoms with van der Waals surface area (Å²) in [6.07, 6.45) is 6.41. The second-order valence-electron chi connectivity index (χ2n) is 9.27. The standard InChI is InChI=1S/C25H28N2O2S/c1-17-7-10-21(11-8-17)30(28,29)27-16-20-14-19-13-18(15-26)9-12-22(19)23-5-3-2-4-6-24(27)25(20)23/h7-13,20,23-25H,2-6,14,16H2,1H3. The molecule has 2 aliphatic carbocycles. The lowest BCUT2D eigenvalue weighted by Gasteiger charge is -2.40. The molecular weight excluding hydrogens is 392 g/mol. The van der Waals surface area contributed by atoms with Crippen molar-refractivity contribution in [3.8, 4) is 6.07 Å². The van der Waals surface area contributed by atoms with Crippen molar-refractivity contribution in [3.63, 3.8) is 0 Å². The molecule has 5 heteroatoms. The molecule has 0 aromatic heterocycles. The highest BCUT2D eigenvalue weighted by atomic mass is 32.2. The van der Waals surface area contributed by atoms with Gasteiger partial charge < -0.3 is 0 Å². The van der Waals surface area contributed by atoms with Crippen LogP contribution >= 0.6 is 0 Å². The fraction of sp³-hybridized carbons (Fsp3) is 0.480. The molecule has 30 heavy (non-hydrogen) atoms. The van der Waals surface area contributed by atoms with Crippen LogP contribution in [0.5, 0.6) is 0 Å². The van der Waals surface area contributed by atoms with Crippen molar-refractivity contribution in [2.45, 2.75) is 62.3 Å². The van der Waals surface area contributed by atoms with Gasteiger partial charge in [-0.3, -0.25) is 0 Å². The third-order valence-electron chi connectivity index (χ3n) is 7.53. The zero-order valence-electron chi connectivity index (χ0n) is 17.4. The van der Waals surface area contributed by atoms with E-state index in [0.717, 1.165) is 37.7 Å². The van der Waals surface area contributed by atoms with Crippen LogP contribution in [0.3, 0.4) is 0 Å². The van der Waals surface area contributed by atoms with Crippen molar-refractivity contribution < 1.29 is 8.42 Å². The Labute approximate surface area is 179 Å². The number of rotatable bonds is 2. The van der Waals surface area contributed by atoms with E-state index < -0.39 is 10.0 Å². The molecule has 2 aromatic carbocycles. The fourth-order valence-corrected chi connectivity index (χ4v) is 7.94. The maximum Gasteiger partial charge on any atom is 0.243 e. The van der Waals surface area contributed by atoms with Crippen LogP contribution < -0.4 is 0 Å². The van der Waals surface area contributed by atoms with Gasteiger partial charge in [0, 0.05) is 12.6 Å². The smallest absolute Gasteiger partial charge is 0.207 e. The highest BCUT2D eigenvalue weighted by molar-refractivity contribution is 7.89. The molecule has 0 amide bonds. The van der Waals surface area contributed by atoms with Gasteiger partial charge in [0.1, 0.15) is 0 Å². The molecule has 0 N–H and O–H groups in total. The van der Waals surface area contributed by atoms with Crippen LogP contribution in [-0.4, -0.2) is 25.3 Å². The number of aryl methyl sites for hydroxylation is 1. The Hall–Kier alpha value is -2.16. The third-order valence-corrected chi connectivity index (χ3v) is 9.44. The van der Waals surface area contributed by atoms with Crippen LogP contribution in [0.1, 0.15) is 60.3 Å². The Morgan fingerprint density at radius 3 is 2.57 bits per heavy atom. The summed E-state index contributed by atoms with van der Waals surface area (Å²) in [6, 6.07) is 15.7. The lowest BCUT2D eigenvalue weighted by Crippen LogP contribution is -2.40. The second-order valence-corrected chi connectivity index (χ2v) is 11.2. The topological polar surface area (TPSA) is 61.2 Å². The van der Waals surface area contributed by atoms with Crippen molar-refractivity contribution in [2.75, 3.05) is 6.54 Å². The predicted molar refractivity (Wildman–Crippen MR) is 117 cm³/mol. The van der Waals surface area contributed by atoms with Gasteiger partial charge in [-0.05, 0) is 79.3 Å². The Morgan fingerprint density at radius 1 is 1.03 bits per heavy atom. The molecule has 2 aromatic rings. The van der Waals surface area contributed by atoms with E-state index in [0.29, 0.717) is 34.8 Å². The average molecular weight is 421 g/mol. The van der Waals surface area contributed by atoms with Crippen molar-refractivity contribution in [1.29, 1.82) is 5.26 Å². The summed E-state index contributed by atoms with van der Waals surface area (Å²) in [4.78, 5) is 0.412. The summed E-state index contributed by atoms with van der Waals surface area (Å²) < 4.78 is 29.1. The van der Waals surface area contributed by atoms with Gasteiger partial charge in [-0.25, -0.2) is 8.42 Å². The van der Waals surface area contributed by atoms with Crippen LogP contribution in [-0.2, 0) is 16.4 Å². The number of hydrogen-bond acceptors (Lipinski definition) is 3. The quantitative estimate of drug-likeness (QED) is 0.703. The first-order valence-corrected chi connectivity index (χ1v) is 12.5. The first-order chi connectivity index (χ1) is 14.5. The van der Waals surface area contributed by atoms with Crippen LogP contribution in [0.15, 0.2) is 47.4 Å². The average Bonchev–Trinajstić information content (AvgIpc) is 3.09. The minimum atomic E-state index is -3.51. The molecule has 0 spiro atoms. The highest BCUT2D eigenvalue weighted by Crippen LogP contribution is 2.52. The molecule has 1 saturated carbocycles. The first kappa shape index (κ1) is 19.8. The molecule has 1 heterocycles. The van der Waals surface area contributed by atoms with Gasteiger partial charge in [-0.1, -0.05) is 43.0 Å². The number of sulfonamides is 1. The normalized spacial score (nSPS) is 28.7. The monoisotopic (exact) mass is 420 g/mol.